The topological polar surface area (TPSA) is 47.0 Å². The number of hydrogen-bond acceptors (Lipinski definition) is 4. The molecule has 0 fully saturated rings. The molecular weight excluding hydrogens is 276 g/mol. The molecule has 1 N–H and O–H groups in total. The number of ether oxygens (including phenoxy) is 1. The van der Waals surface area contributed by atoms with Crippen molar-refractivity contribution in [1.82, 2.24) is 9.97 Å². The molecule has 1 aromatic carbocycles. The molecule has 0 atom stereocenters. The van der Waals surface area contributed by atoms with Gasteiger partial charge in [0.1, 0.15) is 29.0 Å². The summed E-state index contributed by atoms with van der Waals surface area (Å²) < 4.78 is 32.0. The molecule has 2 aromatic rings. The van der Waals surface area contributed by atoms with Crippen molar-refractivity contribution in [1.29, 1.82) is 0 Å². The summed E-state index contributed by atoms with van der Waals surface area (Å²) in [6.45, 7) is 3.80. The first-order valence-electron chi connectivity index (χ1n) is 6.72. The molecule has 1 heterocycles. The van der Waals surface area contributed by atoms with Crippen molar-refractivity contribution in [2.75, 3.05) is 12.4 Å². The van der Waals surface area contributed by atoms with E-state index < -0.39 is 11.6 Å². The number of aryl methyl sites for hydroxylation is 1. The van der Waals surface area contributed by atoms with Crippen molar-refractivity contribution in [3.05, 3.63) is 41.2 Å². The van der Waals surface area contributed by atoms with Crippen LogP contribution in [-0.2, 0) is 6.42 Å². The molecule has 0 saturated carbocycles. The maximum absolute atomic E-state index is 13.2. The summed E-state index contributed by atoms with van der Waals surface area (Å²) >= 11 is 0. The normalized spacial score (nSPS) is 10.5. The van der Waals surface area contributed by atoms with E-state index in [4.69, 9.17) is 4.74 Å². The molecule has 0 radical (unpaired) electrons. The van der Waals surface area contributed by atoms with E-state index in [1.54, 1.807) is 14.0 Å². The van der Waals surface area contributed by atoms with Crippen LogP contribution in [0.1, 0.15) is 24.7 Å². The standard InChI is InChI=1S/C15H17F2N3O/c1-4-5-13-19-14(18-3)9(2)15(20-13)21-12-7-10(16)6-11(17)8-12/h6-8H,4-5H2,1-3H3,(H,18,19,20). The Kier molecular flexibility index (Phi) is 4.67. The van der Waals surface area contributed by atoms with Crippen molar-refractivity contribution >= 4 is 5.82 Å². The average Bonchev–Trinajstić information content (AvgIpc) is 2.41. The van der Waals surface area contributed by atoms with Gasteiger partial charge in [-0.25, -0.2) is 13.8 Å². The second kappa shape index (κ2) is 6.47. The second-order valence-corrected chi connectivity index (χ2v) is 4.63. The van der Waals surface area contributed by atoms with Crippen molar-refractivity contribution < 1.29 is 13.5 Å². The summed E-state index contributed by atoms with van der Waals surface area (Å²) in [5.41, 5.74) is 0.682. The molecule has 0 amide bonds. The van der Waals surface area contributed by atoms with Gasteiger partial charge in [0.25, 0.3) is 0 Å². The van der Waals surface area contributed by atoms with Gasteiger partial charge in [-0.15, -0.1) is 0 Å². The molecule has 0 saturated heterocycles. The first-order chi connectivity index (χ1) is 10.0. The van der Waals surface area contributed by atoms with E-state index in [0.717, 1.165) is 24.6 Å². The van der Waals surface area contributed by atoms with Crippen molar-refractivity contribution in [3.8, 4) is 11.6 Å². The van der Waals surface area contributed by atoms with Crippen LogP contribution in [0.15, 0.2) is 18.2 Å². The summed E-state index contributed by atoms with van der Waals surface area (Å²) in [5, 5.41) is 2.96. The Morgan fingerprint density at radius 1 is 1.14 bits per heavy atom. The quantitative estimate of drug-likeness (QED) is 0.909. The summed E-state index contributed by atoms with van der Waals surface area (Å²) in [6, 6.07) is 3.02. The van der Waals surface area contributed by atoms with Gasteiger partial charge in [-0.05, 0) is 13.3 Å². The summed E-state index contributed by atoms with van der Waals surface area (Å²) in [5.74, 6) is 0.236. The predicted molar refractivity (Wildman–Crippen MR) is 76.7 cm³/mol. The molecule has 0 spiro atoms. The minimum absolute atomic E-state index is 0.0683. The molecule has 0 unspecified atom stereocenters. The third-order valence-electron chi connectivity index (χ3n) is 2.91. The molecule has 0 aliphatic rings. The van der Waals surface area contributed by atoms with Crippen LogP contribution >= 0.6 is 0 Å². The van der Waals surface area contributed by atoms with Crippen molar-refractivity contribution in [2.45, 2.75) is 26.7 Å². The van der Waals surface area contributed by atoms with E-state index in [1.807, 2.05) is 6.92 Å². The van der Waals surface area contributed by atoms with Crippen LogP contribution in [-0.4, -0.2) is 17.0 Å². The maximum atomic E-state index is 13.2. The molecule has 2 rings (SSSR count). The average molecular weight is 293 g/mol. The van der Waals surface area contributed by atoms with Gasteiger partial charge >= 0.3 is 0 Å². The van der Waals surface area contributed by atoms with Gasteiger partial charge in [0, 0.05) is 31.7 Å². The molecule has 112 valence electrons. The fraction of sp³-hybridized carbons (Fsp3) is 0.333. The lowest BCUT2D eigenvalue weighted by molar-refractivity contribution is 0.444. The van der Waals surface area contributed by atoms with Gasteiger partial charge < -0.3 is 10.1 Å². The first-order valence-corrected chi connectivity index (χ1v) is 6.72. The zero-order chi connectivity index (χ0) is 15.4. The highest BCUT2D eigenvalue weighted by Crippen LogP contribution is 2.28. The Hall–Kier alpha value is -2.24. The van der Waals surface area contributed by atoms with E-state index in [2.05, 4.69) is 15.3 Å². The molecule has 0 aliphatic carbocycles. The number of benzene rings is 1. The minimum atomic E-state index is -0.695. The fourth-order valence-electron chi connectivity index (χ4n) is 1.92. The summed E-state index contributed by atoms with van der Waals surface area (Å²) in [7, 11) is 1.75. The zero-order valence-electron chi connectivity index (χ0n) is 12.2. The van der Waals surface area contributed by atoms with Crippen LogP contribution in [0.2, 0.25) is 0 Å². The molecule has 4 nitrogen and oxygen atoms in total. The molecule has 0 aliphatic heterocycles. The number of hydrogen-bond donors (Lipinski definition) is 1. The van der Waals surface area contributed by atoms with Crippen molar-refractivity contribution in [2.24, 2.45) is 0 Å². The van der Waals surface area contributed by atoms with Gasteiger partial charge in [0.2, 0.25) is 5.88 Å². The Labute approximate surface area is 122 Å². The van der Waals surface area contributed by atoms with Crippen LogP contribution < -0.4 is 10.1 Å². The molecule has 1 aromatic heterocycles. The van der Waals surface area contributed by atoms with E-state index in [-0.39, 0.29) is 5.75 Å². The van der Waals surface area contributed by atoms with Crippen molar-refractivity contribution in [3.63, 3.8) is 0 Å². The van der Waals surface area contributed by atoms with E-state index in [0.29, 0.717) is 29.5 Å². The van der Waals surface area contributed by atoms with E-state index >= 15 is 0 Å². The Bertz CT molecular complexity index is 627. The fourth-order valence-corrected chi connectivity index (χ4v) is 1.92. The largest absolute Gasteiger partial charge is 0.438 e. The minimum Gasteiger partial charge on any atom is -0.438 e. The SMILES string of the molecule is CCCc1nc(NC)c(C)c(Oc2cc(F)cc(F)c2)n1. The van der Waals surface area contributed by atoms with Crippen LogP contribution in [0.4, 0.5) is 14.6 Å². The highest BCUT2D eigenvalue weighted by molar-refractivity contribution is 5.49. The highest BCUT2D eigenvalue weighted by Gasteiger charge is 2.13. The monoisotopic (exact) mass is 293 g/mol. The number of nitrogens with zero attached hydrogens (tertiary/aromatic N) is 2. The third kappa shape index (κ3) is 3.65. The van der Waals surface area contributed by atoms with Crippen LogP contribution in [0, 0.1) is 18.6 Å². The van der Waals surface area contributed by atoms with Gasteiger partial charge in [0.05, 0.1) is 5.56 Å². The molecule has 6 heteroatoms. The Morgan fingerprint density at radius 3 is 2.38 bits per heavy atom. The van der Waals surface area contributed by atoms with Crippen LogP contribution in [0.3, 0.4) is 0 Å². The molecule has 0 bridgehead atoms. The van der Waals surface area contributed by atoms with Gasteiger partial charge in [-0.3, -0.25) is 0 Å². The maximum Gasteiger partial charge on any atom is 0.227 e. The number of aromatic nitrogens is 2. The zero-order valence-corrected chi connectivity index (χ0v) is 12.2. The first kappa shape index (κ1) is 15.2. The van der Waals surface area contributed by atoms with E-state index in [9.17, 15) is 8.78 Å². The third-order valence-corrected chi connectivity index (χ3v) is 2.91. The number of anilines is 1. The van der Waals surface area contributed by atoms with Gasteiger partial charge in [-0.1, -0.05) is 6.92 Å². The number of halogens is 2. The number of nitrogens with one attached hydrogen (secondary N) is 1. The second-order valence-electron chi connectivity index (χ2n) is 4.63. The lowest BCUT2D eigenvalue weighted by Gasteiger charge is -2.12. The van der Waals surface area contributed by atoms with Crippen LogP contribution in [0.5, 0.6) is 11.6 Å². The van der Waals surface area contributed by atoms with Crippen LogP contribution in [0.25, 0.3) is 0 Å². The predicted octanol–water partition coefficient (Wildman–Crippen LogP) is 3.85. The highest BCUT2D eigenvalue weighted by atomic mass is 19.1. The Balaban J connectivity index is 2.39. The van der Waals surface area contributed by atoms with E-state index in [1.165, 1.54) is 0 Å². The Morgan fingerprint density at radius 2 is 1.81 bits per heavy atom. The smallest absolute Gasteiger partial charge is 0.227 e. The van der Waals surface area contributed by atoms with Gasteiger partial charge in [-0.2, -0.15) is 4.98 Å². The molecular formula is C15H17F2N3O. The summed E-state index contributed by atoms with van der Waals surface area (Å²) in [4.78, 5) is 8.67. The molecule has 21 heavy (non-hydrogen) atoms. The summed E-state index contributed by atoms with van der Waals surface area (Å²) in [6.07, 6.45) is 1.59. The van der Waals surface area contributed by atoms with Gasteiger partial charge in [0.15, 0.2) is 0 Å². The lowest BCUT2D eigenvalue weighted by atomic mass is 10.2. The number of rotatable bonds is 5. The lowest BCUT2D eigenvalue weighted by Crippen LogP contribution is -2.05.